The molecule has 4 N–H and O–H groups in total. The zero-order chi connectivity index (χ0) is 29.1. The number of benzene rings is 1. The van der Waals surface area contributed by atoms with E-state index in [9.17, 15) is 33.1 Å². The minimum Gasteiger partial charge on any atom is -0.463 e. The van der Waals surface area contributed by atoms with Gasteiger partial charge in [0.05, 0.1) is 30.5 Å². The molecule has 1 fully saturated rings. The molecule has 39 heavy (non-hydrogen) atoms. The van der Waals surface area contributed by atoms with Crippen LogP contribution in [0.2, 0.25) is 0 Å². The van der Waals surface area contributed by atoms with Crippen LogP contribution in [0.4, 0.5) is 14.6 Å². The maximum absolute atomic E-state index is 14.1. The molecule has 2 unspecified atom stereocenters. The molecule has 2 aromatic rings. The second-order valence-corrected chi connectivity index (χ2v) is 11.6. The Balaban J connectivity index is 1.91. The highest BCUT2D eigenvalue weighted by atomic mass is 31.2. The molecule has 0 radical (unpaired) electrons. The first-order chi connectivity index (χ1) is 18.2. The van der Waals surface area contributed by atoms with Crippen LogP contribution in [-0.4, -0.2) is 68.6 Å². The Bertz CT molecular complexity index is 1270. The number of hydrogen-bond donors (Lipinski definition) is 3. The average molecular weight is 576 g/mol. The third-order valence-electron chi connectivity index (χ3n) is 5.97. The van der Waals surface area contributed by atoms with Gasteiger partial charge in [0.1, 0.15) is 24.6 Å². The maximum Gasteiger partial charge on any atom is 0.380 e. The summed E-state index contributed by atoms with van der Waals surface area (Å²) in [4.78, 5) is 28.0. The normalized spacial score (nSPS) is 26.1. The van der Waals surface area contributed by atoms with Crippen LogP contribution in [0.25, 0.3) is 0 Å². The summed E-state index contributed by atoms with van der Waals surface area (Å²) >= 11 is 0. The third kappa shape index (κ3) is 6.82. The number of alkyl halides is 1. The predicted molar refractivity (Wildman–Crippen MR) is 134 cm³/mol. The maximum atomic E-state index is 14.1. The van der Waals surface area contributed by atoms with Crippen molar-refractivity contribution in [3.8, 4) is 5.75 Å². The lowest BCUT2D eigenvalue weighted by Gasteiger charge is -2.30. The summed E-state index contributed by atoms with van der Waals surface area (Å²) in [7, 11) is -4.22. The summed E-state index contributed by atoms with van der Waals surface area (Å²) in [6, 6.07) is 7.94. The molecule has 1 aromatic heterocycles. The molecule has 0 bridgehead atoms. The first-order valence-corrected chi connectivity index (χ1v) is 13.8. The second kappa shape index (κ2) is 12.1. The number of rotatable bonds is 11. The summed E-state index contributed by atoms with van der Waals surface area (Å²) in [5.74, 6) is -3.32. The van der Waals surface area contributed by atoms with Crippen molar-refractivity contribution in [2.45, 2.75) is 63.9 Å². The zero-order valence-corrected chi connectivity index (χ0v) is 22.7. The summed E-state index contributed by atoms with van der Waals surface area (Å²) < 4.78 is 64.7. The van der Waals surface area contributed by atoms with Gasteiger partial charge in [0, 0.05) is 0 Å². The lowest BCUT2D eigenvalue weighted by atomic mass is 9.93. The molecule has 0 spiro atoms. The molecule has 0 aliphatic carbocycles. The van der Waals surface area contributed by atoms with Crippen LogP contribution in [0.3, 0.4) is 0 Å². The number of anilines is 1. The standard InChI is InChI=1S/C24H32F2N3O9P/c1-13(2)35-21(31)14(3)11-39(34,38-16-8-6-5-7-9-16)37-15(4)18-19(30)24(33,12-25)22(36-18)29-10-17(26)20(27)28-23(29)32/h5-10,13-15,18-19,22,30,33H,11-12H2,1-4H3,(H2,27,28,32)/t14-,15-,18-,19+,22-,24?,39?/m1/s1. The summed E-state index contributed by atoms with van der Waals surface area (Å²) in [5.41, 5.74) is 1.37. The van der Waals surface area contributed by atoms with E-state index in [1.807, 2.05) is 0 Å². The Morgan fingerprint density at radius 1 is 1.28 bits per heavy atom. The summed E-state index contributed by atoms with van der Waals surface area (Å²) in [6.45, 7) is 4.46. The molecule has 1 aliphatic rings. The molecule has 2 heterocycles. The monoisotopic (exact) mass is 575 g/mol. The number of aromatic nitrogens is 2. The van der Waals surface area contributed by atoms with E-state index in [4.69, 9.17) is 24.3 Å². The van der Waals surface area contributed by atoms with Gasteiger partial charge in [-0.2, -0.15) is 4.98 Å². The van der Waals surface area contributed by atoms with Crippen molar-refractivity contribution in [3.05, 3.63) is 52.8 Å². The van der Waals surface area contributed by atoms with Crippen LogP contribution in [0.5, 0.6) is 5.75 Å². The Kier molecular flexibility index (Phi) is 9.50. The molecule has 1 aromatic carbocycles. The lowest BCUT2D eigenvalue weighted by molar-refractivity contribution is -0.151. The lowest BCUT2D eigenvalue weighted by Crippen LogP contribution is -2.51. The molecule has 7 atom stereocenters. The van der Waals surface area contributed by atoms with Crippen molar-refractivity contribution in [3.63, 3.8) is 0 Å². The van der Waals surface area contributed by atoms with E-state index < -0.39 is 85.9 Å². The first-order valence-electron chi connectivity index (χ1n) is 12.1. The molecular formula is C24H32F2N3O9P. The van der Waals surface area contributed by atoms with Gasteiger partial charge in [0.15, 0.2) is 23.5 Å². The van der Waals surface area contributed by atoms with Crippen molar-refractivity contribution in [1.29, 1.82) is 0 Å². The van der Waals surface area contributed by atoms with E-state index >= 15 is 0 Å². The number of para-hydroxylation sites is 1. The number of carbonyl (C=O) groups excluding carboxylic acids is 1. The fourth-order valence-electron chi connectivity index (χ4n) is 4.03. The van der Waals surface area contributed by atoms with Gasteiger partial charge in [-0.25, -0.2) is 18.1 Å². The Morgan fingerprint density at radius 3 is 2.51 bits per heavy atom. The number of nitrogens with zero attached hydrogens (tertiary/aromatic N) is 2. The van der Waals surface area contributed by atoms with Crippen molar-refractivity contribution < 1.29 is 46.9 Å². The summed E-state index contributed by atoms with van der Waals surface area (Å²) in [5, 5.41) is 21.7. The van der Waals surface area contributed by atoms with Crippen LogP contribution < -0.4 is 15.9 Å². The number of nitrogen functional groups attached to an aromatic ring is 1. The Labute approximate surface area is 223 Å². The molecule has 1 saturated heterocycles. The quantitative estimate of drug-likeness (QED) is 0.265. The van der Waals surface area contributed by atoms with Crippen molar-refractivity contribution in [2.75, 3.05) is 18.6 Å². The minimum absolute atomic E-state index is 0.151. The van der Waals surface area contributed by atoms with Gasteiger partial charge in [0.25, 0.3) is 0 Å². The van der Waals surface area contributed by atoms with Gasteiger partial charge in [-0.15, -0.1) is 0 Å². The van der Waals surface area contributed by atoms with E-state index in [1.165, 1.54) is 26.0 Å². The number of ether oxygens (including phenoxy) is 2. The number of hydrogen-bond acceptors (Lipinski definition) is 11. The molecule has 0 saturated carbocycles. The third-order valence-corrected chi connectivity index (χ3v) is 8.10. The SMILES string of the molecule is CC(C)OC(=O)[C@H](C)CP(=O)(Oc1ccccc1)O[C@H](C)[C@H]1O[C@@H](n2cc(F)c(N)nc2=O)C(O)(CF)[C@H]1O. The van der Waals surface area contributed by atoms with Crippen LogP contribution >= 0.6 is 7.60 Å². The summed E-state index contributed by atoms with van der Waals surface area (Å²) in [6.07, 6.45) is -7.25. The number of carbonyl (C=O) groups is 1. The van der Waals surface area contributed by atoms with E-state index in [1.54, 1.807) is 32.0 Å². The Morgan fingerprint density at radius 2 is 1.92 bits per heavy atom. The molecule has 15 heteroatoms. The predicted octanol–water partition coefficient (Wildman–Crippen LogP) is 2.19. The van der Waals surface area contributed by atoms with Gasteiger partial charge in [-0.05, 0) is 32.9 Å². The van der Waals surface area contributed by atoms with Gasteiger partial charge >= 0.3 is 19.3 Å². The Hall–Kier alpha value is -2.90. The van der Waals surface area contributed by atoms with Gasteiger partial charge in [-0.3, -0.25) is 13.9 Å². The van der Waals surface area contributed by atoms with Crippen LogP contribution in [0, 0.1) is 11.7 Å². The smallest absolute Gasteiger partial charge is 0.380 e. The topological polar surface area (TPSA) is 172 Å². The molecule has 216 valence electrons. The number of esters is 1. The fraction of sp³-hybridized carbons (Fsp3) is 0.542. The first kappa shape index (κ1) is 30.6. The van der Waals surface area contributed by atoms with Crippen LogP contribution in [0.1, 0.15) is 33.9 Å². The highest BCUT2D eigenvalue weighted by molar-refractivity contribution is 7.54. The van der Waals surface area contributed by atoms with E-state index in [0.29, 0.717) is 10.8 Å². The number of halogens is 2. The van der Waals surface area contributed by atoms with E-state index in [2.05, 4.69) is 4.98 Å². The second-order valence-electron chi connectivity index (χ2n) is 9.58. The molecule has 12 nitrogen and oxygen atoms in total. The zero-order valence-electron chi connectivity index (χ0n) is 21.8. The highest BCUT2D eigenvalue weighted by Crippen LogP contribution is 2.53. The minimum atomic E-state index is -4.22. The molecule has 1 aliphatic heterocycles. The van der Waals surface area contributed by atoms with Gasteiger partial charge in [-0.1, -0.05) is 25.1 Å². The number of nitrogens with two attached hydrogens (primary N) is 1. The van der Waals surface area contributed by atoms with Crippen LogP contribution in [0.15, 0.2) is 41.3 Å². The fourth-order valence-corrected chi connectivity index (χ4v) is 6.12. The van der Waals surface area contributed by atoms with Gasteiger partial charge in [0.2, 0.25) is 0 Å². The molecule has 3 rings (SSSR count). The van der Waals surface area contributed by atoms with Gasteiger partial charge < -0.3 is 29.9 Å². The largest absolute Gasteiger partial charge is 0.463 e. The highest BCUT2D eigenvalue weighted by Gasteiger charge is 2.59. The van der Waals surface area contributed by atoms with E-state index in [-0.39, 0.29) is 5.75 Å². The number of aliphatic hydroxyl groups is 2. The average Bonchev–Trinajstić information content (AvgIpc) is 3.12. The van der Waals surface area contributed by atoms with Crippen molar-refractivity contribution >= 4 is 19.4 Å². The number of aliphatic hydroxyl groups excluding tert-OH is 1. The van der Waals surface area contributed by atoms with E-state index in [0.717, 1.165) is 0 Å². The molecule has 0 amide bonds. The van der Waals surface area contributed by atoms with Crippen molar-refractivity contribution in [2.24, 2.45) is 5.92 Å². The molecular weight excluding hydrogens is 543 g/mol. The van der Waals surface area contributed by atoms with Crippen LogP contribution in [-0.2, 0) is 23.4 Å². The van der Waals surface area contributed by atoms with Crippen molar-refractivity contribution in [1.82, 2.24) is 9.55 Å².